The molecule has 1 amide bonds. The summed E-state index contributed by atoms with van der Waals surface area (Å²) in [7, 11) is 0. The molecule has 11 heteroatoms. The molecule has 11 nitrogen and oxygen atoms in total. The quantitative estimate of drug-likeness (QED) is 0.0411. The van der Waals surface area contributed by atoms with E-state index < -0.39 is 42.6 Å². The zero-order chi connectivity index (χ0) is 40.0. The van der Waals surface area contributed by atoms with Gasteiger partial charge in [0.15, 0.2) is 6.29 Å². The number of ether oxygens (including phenoxy) is 7. The molecule has 0 saturated carbocycles. The molecule has 1 aliphatic heterocycles. The number of benzene rings is 5. The van der Waals surface area contributed by atoms with E-state index in [9.17, 15) is 9.59 Å². The maximum atomic E-state index is 12.5. The number of hydrogen-bond donors (Lipinski definition) is 1. The Kier molecular flexibility index (Phi) is 17.4. The van der Waals surface area contributed by atoms with Crippen LogP contribution in [-0.4, -0.2) is 62.4 Å². The van der Waals surface area contributed by atoms with Crippen LogP contribution in [0.15, 0.2) is 152 Å². The van der Waals surface area contributed by atoms with Crippen molar-refractivity contribution in [3.8, 4) is 0 Å². The van der Waals surface area contributed by atoms with Crippen LogP contribution in [0.25, 0.3) is 0 Å². The first-order chi connectivity index (χ1) is 28.6. The van der Waals surface area contributed by atoms with Gasteiger partial charge in [-0.1, -0.05) is 152 Å². The van der Waals surface area contributed by atoms with Gasteiger partial charge >= 0.3 is 5.97 Å². The van der Waals surface area contributed by atoms with Crippen LogP contribution in [0, 0.1) is 0 Å². The largest absolute Gasteiger partial charge is 0.461 e. The Bertz CT molecular complexity index is 1890. The fourth-order valence-electron chi connectivity index (χ4n) is 6.30. The van der Waals surface area contributed by atoms with E-state index in [4.69, 9.17) is 38.0 Å². The van der Waals surface area contributed by atoms with E-state index in [0.717, 1.165) is 27.8 Å². The third-order valence-electron chi connectivity index (χ3n) is 9.29. The number of hydrogen-bond acceptors (Lipinski definition) is 10. The van der Waals surface area contributed by atoms with Crippen molar-refractivity contribution in [2.45, 2.75) is 76.6 Å². The summed E-state index contributed by atoms with van der Waals surface area (Å²) in [6.07, 6.45) is -3.73. The molecule has 3 unspecified atom stereocenters. The summed E-state index contributed by atoms with van der Waals surface area (Å²) < 4.78 is 44.6. The topological polar surface area (TPSA) is 120 Å². The first kappa shape index (κ1) is 42.4. The fourth-order valence-corrected chi connectivity index (χ4v) is 6.30. The van der Waals surface area contributed by atoms with Crippen LogP contribution in [0.4, 0.5) is 0 Å². The zero-order valence-electron chi connectivity index (χ0n) is 32.5. The predicted molar refractivity (Wildman–Crippen MR) is 215 cm³/mol. The van der Waals surface area contributed by atoms with Gasteiger partial charge in [0.2, 0.25) is 5.91 Å². The molecular formula is C47H51NO10. The lowest BCUT2D eigenvalue weighted by Gasteiger charge is -2.45. The van der Waals surface area contributed by atoms with E-state index in [-0.39, 0.29) is 45.9 Å². The Labute approximate surface area is 340 Å². The Balaban J connectivity index is 1.13. The van der Waals surface area contributed by atoms with E-state index in [1.807, 2.05) is 152 Å². The van der Waals surface area contributed by atoms with Crippen LogP contribution < -0.4 is 5.48 Å². The van der Waals surface area contributed by atoms with Crippen LogP contribution in [0.1, 0.15) is 40.7 Å². The lowest BCUT2D eigenvalue weighted by atomic mass is 9.97. The van der Waals surface area contributed by atoms with Gasteiger partial charge < -0.3 is 33.2 Å². The molecule has 0 radical (unpaired) electrons. The highest BCUT2D eigenvalue weighted by atomic mass is 16.7. The summed E-state index contributed by atoms with van der Waals surface area (Å²) in [6, 6.07) is 49.0. The molecule has 0 aromatic heterocycles. The van der Waals surface area contributed by atoms with E-state index >= 15 is 0 Å². The first-order valence-corrected chi connectivity index (χ1v) is 19.6. The molecule has 6 rings (SSSR count). The van der Waals surface area contributed by atoms with Gasteiger partial charge in [0, 0.05) is 6.42 Å². The van der Waals surface area contributed by atoms with E-state index in [1.54, 1.807) is 0 Å². The normalized spacial score (nSPS) is 19.0. The van der Waals surface area contributed by atoms with Crippen molar-refractivity contribution in [2.75, 3.05) is 19.8 Å². The molecule has 1 aliphatic rings. The Morgan fingerprint density at radius 1 is 0.483 bits per heavy atom. The number of carbonyl (C=O) groups is 2. The van der Waals surface area contributed by atoms with Crippen molar-refractivity contribution in [1.82, 2.24) is 5.48 Å². The summed E-state index contributed by atoms with van der Waals surface area (Å²) in [6.45, 7) is 1.60. The molecule has 0 aliphatic carbocycles. The maximum absolute atomic E-state index is 12.5. The van der Waals surface area contributed by atoms with Gasteiger partial charge in [-0.15, -0.1) is 0 Å². The molecule has 1 N–H and O–H groups in total. The third kappa shape index (κ3) is 14.3. The van der Waals surface area contributed by atoms with Crippen molar-refractivity contribution in [1.29, 1.82) is 0 Å². The molecule has 304 valence electrons. The van der Waals surface area contributed by atoms with Crippen molar-refractivity contribution < 1.29 is 47.6 Å². The van der Waals surface area contributed by atoms with Gasteiger partial charge in [-0.25, -0.2) is 5.48 Å². The highest BCUT2D eigenvalue weighted by Crippen LogP contribution is 2.31. The predicted octanol–water partition coefficient (Wildman–Crippen LogP) is 7.27. The minimum Gasteiger partial charge on any atom is -0.461 e. The van der Waals surface area contributed by atoms with E-state index in [1.165, 1.54) is 0 Å². The number of nitrogens with one attached hydrogen (secondary N) is 1. The molecule has 1 saturated heterocycles. The number of amides is 1. The maximum Gasteiger partial charge on any atom is 0.306 e. The average molecular weight is 790 g/mol. The number of carbonyl (C=O) groups excluding carboxylic acids is 2. The van der Waals surface area contributed by atoms with Crippen LogP contribution in [0.3, 0.4) is 0 Å². The highest BCUT2D eigenvalue weighted by molar-refractivity contribution is 5.80. The molecule has 5 atom stereocenters. The minimum atomic E-state index is -0.926. The molecule has 5 aromatic carbocycles. The average Bonchev–Trinajstić information content (AvgIpc) is 3.27. The second-order valence-corrected chi connectivity index (χ2v) is 13.7. The lowest BCUT2D eigenvalue weighted by Crippen LogP contribution is -2.62. The minimum absolute atomic E-state index is 0.00585. The fraction of sp³-hybridized carbons (Fsp3) is 0.319. The number of esters is 1. The van der Waals surface area contributed by atoms with Gasteiger partial charge in [-0.3, -0.25) is 14.4 Å². The summed E-state index contributed by atoms with van der Waals surface area (Å²) >= 11 is 0. The number of hydroxylamine groups is 1. The SMILES string of the molecule is O=C(CCC(=O)OCc1ccccc1)NOCCO[C@@H]1OC(COCc2ccccc2)C(OCc2ccccc2)[C@H](OCc2ccccc2)C1OCc1ccccc1. The molecule has 0 spiro atoms. The molecule has 1 fully saturated rings. The number of rotatable bonds is 23. The van der Waals surface area contributed by atoms with Crippen molar-refractivity contribution in [3.63, 3.8) is 0 Å². The summed E-state index contributed by atoms with van der Waals surface area (Å²) in [5, 5.41) is 0. The van der Waals surface area contributed by atoms with Gasteiger partial charge in [0.05, 0.1) is 52.7 Å². The van der Waals surface area contributed by atoms with Gasteiger partial charge in [-0.05, 0) is 27.8 Å². The molecule has 58 heavy (non-hydrogen) atoms. The summed E-state index contributed by atoms with van der Waals surface area (Å²) in [5.74, 6) is -0.936. The first-order valence-electron chi connectivity index (χ1n) is 19.6. The van der Waals surface area contributed by atoms with Crippen LogP contribution in [0.2, 0.25) is 0 Å². The van der Waals surface area contributed by atoms with Crippen molar-refractivity contribution >= 4 is 11.9 Å². The zero-order valence-corrected chi connectivity index (χ0v) is 32.5. The molecule has 0 bridgehead atoms. The monoisotopic (exact) mass is 789 g/mol. The van der Waals surface area contributed by atoms with Crippen LogP contribution in [-0.2, 0) is 80.6 Å². The van der Waals surface area contributed by atoms with Crippen LogP contribution in [0.5, 0.6) is 0 Å². The van der Waals surface area contributed by atoms with Gasteiger partial charge in [0.25, 0.3) is 0 Å². The molecule has 1 heterocycles. The highest BCUT2D eigenvalue weighted by Gasteiger charge is 2.49. The second kappa shape index (κ2) is 23.9. The summed E-state index contributed by atoms with van der Waals surface area (Å²) in [4.78, 5) is 30.1. The summed E-state index contributed by atoms with van der Waals surface area (Å²) in [5.41, 5.74) is 7.23. The smallest absolute Gasteiger partial charge is 0.306 e. The van der Waals surface area contributed by atoms with Crippen molar-refractivity contribution in [3.05, 3.63) is 179 Å². The third-order valence-corrected chi connectivity index (χ3v) is 9.29. The van der Waals surface area contributed by atoms with Gasteiger partial charge in [0.1, 0.15) is 31.0 Å². The Morgan fingerprint density at radius 3 is 1.45 bits per heavy atom. The van der Waals surface area contributed by atoms with Crippen LogP contribution >= 0.6 is 0 Å². The lowest BCUT2D eigenvalue weighted by molar-refractivity contribution is -0.329. The van der Waals surface area contributed by atoms with E-state index in [2.05, 4.69) is 5.48 Å². The molecular weight excluding hydrogens is 739 g/mol. The Morgan fingerprint density at radius 2 is 0.931 bits per heavy atom. The van der Waals surface area contributed by atoms with Gasteiger partial charge in [-0.2, -0.15) is 0 Å². The second-order valence-electron chi connectivity index (χ2n) is 13.7. The standard InChI is InChI=1S/C47H51NO10/c49-42(26-27-43(50)53-31-37-18-8-2-9-19-37)48-57-29-28-52-47-46(56-34-40-24-14-5-15-25-40)45(55-33-39-22-12-4-13-23-39)44(54-32-38-20-10-3-11-21-38)41(58-47)35-51-30-36-16-6-1-7-17-36/h1-25,41,44-47H,26-35H2,(H,48,49)/t41?,44?,45-,46?,47+/m0/s1. The van der Waals surface area contributed by atoms with E-state index in [0.29, 0.717) is 19.8 Å². The Hall–Kier alpha value is -5.24. The van der Waals surface area contributed by atoms with Crippen molar-refractivity contribution in [2.24, 2.45) is 0 Å². The molecule has 5 aromatic rings.